The van der Waals surface area contributed by atoms with Gasteiger partial charge in [0.2, 0.25) is 0 Å². The van der Waals surface area contributed by atoms with Gasteiger partial charge in [-0.15, -0.1) is 11.3 Å². The molecule has 0 aliphatic carbocycles. The van der Waals surface area contributed by atoms with E-state index < -0.39 is 0 Å². The Morgan fingerprint density at radius 2 is 1.87 bits per heavy atom. The van der Waals surface area contributed by atoms with Crippen LogP contribution in [-0.4, -0.2) is 49.0 Å². The van der Waals surface area contributed by atoms with Crippen molar-refractivity contribution >= 4 is 51.8 Å². The number of likely N-dealkylation sites (N-methyl/N-ethyl adjacent to an activating group) is 1. The van der Waals surface area contributed by atoms with Crippen LogP contribution in [0.4, 0.5) is 11.4 Å². The molecule has 1 fully saturated rings. The summed E-state index contributed by atoms with van der Waals surface area (Å²) in [5, 5.41) is 6.42. The highest BCUT2D eigenvalue weighted by atomic mass is 35.5. The molecule has 0 radical (unpaired) electrons. The summed E-state index contributed by atoms with van der Waals surface area (Å²) in [7, 11) is 4.25. The standard InChI is InChI=1S/C22H22Cl2N4OS/c1-27(2)19-7-8-28(12-19)18-5-3-17(4-6-18)25-21(29)20-13-30-22(26-20)14-9-15(23)11-16(24)10-14/h3-6,9-11,13,19H,7-8,12H2,1-2H3,(H,25,29). The number of hydrogen-bond acceptors (Lipinski definition) is 5. The first-order valence-electron chi connectivity index (χ1n) is 9.64. The Kier molecular flexibility index (Phi) is 6.29. The number of halogens is 2. The van der Waals surface area contributed by atoms with Crippen molar-refractivity contribution in [2.75, 3.05) is 37.4 Å². The van der Waals surface area contributed by atoms with E-state index in [1.807, 2.05) is 24.3 Å². The highest BCUT2D eigenvalue weighted by Crippen LogP contribution is 2.30. The Labute approximate surface area is 190 Å². The van der Waals surface area contributed by atoms with Crippen LogP contribution in [0.2, 0.25) is 10.0 Å². The Morgan fingerprint density at radius 1 is 1.17 bits per heavy atom. The summed E-state index contributed by atoms with van der Waals surface area (Å²) in [4.78, 5) is 21.7. The maximum absolute atomic E-state index is 12.6. The van der Waals surface area contributed by atoms with Crippen LogP contribution in [0.3, 0.4) is 0 Å². The van der Waals surface area contributed by atoms with Crippen molar-refractivity contribution in [3.63, 3.8) is 0 Å². The fourth-order valence-electron chi connectivity index (χ4n) is 3.54. The van der Waals surface area contributed by atoms with Crippen LogP contribution in [0.15, 0.2) is 47.8 Å². The summed E-state index contributed by atoms with van der Waals surface area (Å²) in [5.41, 5.74) is 3.07. The second-order valence-corrected chi connectivity index (χ2v) is 9.28. The van der Waals surface area contributed by atoms with Crippen LogP contribution in [-0.2, 0) is 0 Å². The van der Waals surface area contributed by atoms with E-state index >= 15 is 0 Å². The van der Waals surface area contributed by atoms with Gasteiger partial charge in [0.05, 0.1) is 0 Å². The molecule has 1 saturated heterocycles. The number of aromatic nitrogens is 1. The number of carbonyl (C=O) groups excluding carboxylic acids is 1. The zero-order chi connectivity index (χ0) is 21.3. The van der Waals surface area contributed by atoms with Gasteiger partial charge in [-0.3, -0.25) is 4.79 Å². The van der Waals surface area contributed by atoms with E-state index in [1.54, 1.807) is 23.6 Å². The zero-order valence-electron chi connectivity index (χ0n) is 16.7. The van der Waals surface area contributed by atoms with Gasteiger partial charge in [-0.25, -0.2) is 4.98 Å². The third kappa shape index (κ3) is 4.78. The normalized spacial score (nSPS) is 16.3. The number of nitrogens with zero attached hydrogens (tertiary/aromatic N) is 3. The lowest BCUT2D eigenvalue weighted by Gasteiger charge is -2.22. The lowest BCUT2D eigenvalue weighted by atomic mass is 10.2. The first-order chi connectivity index (χ1) is 14.4. The van der Waals surface area contributed by atoms with Crippen molar-refractivity contribution in [3.05, 3.63) is 63.6 Å². The summed E-state index contributed by atoms with van der Waals surface area (Å²) in [6, 6.07) is 13.8. The topological polar surface area (TPSA) is 48.5 Å². The first-order valence-corrected chi connectivity index (χ1v) is 11.3. The fraction of sp³-hybridized carbons (Fsp3) is 0.273. The molecule has 5 nitrogen and oxygen atoms in total. The molecule has 0 saturated carbocycles. The monoisotopic (exact) mass is 460 g/mol. The molecule has 156 valence electrons. The zero-order valence-corrected chi connectivity index (χ0v) is 19.1. The number of anilines is 2. The third-order valence-corrected chi connectivity index (χ3v) is 6.56. The molecule has 1 unspecified atom stereocenters. The van der Waals surface area contributed by atoms with Gasteiger partial charge in [-0.05, 0) is 63.0 Å². The SMILES string of the molecule is CN(C)C1CCN(c2ccc(NC(=O)c3csc(-c4cc(Cl)cc(Cl)c4)n3)cc2)C1. The second-order valence-electron chi connectivity index (χ2n) is 7.55. The van der Waals surface area contributed by atoms with E-state index in [0.29, 0.717) is 26.8 Å². The highest BCUT2D eigenvalue weighted by molar-refractivity contribution is 7.13. The molecule has 4 rings (SSSR count). The van der Waals surface area contributed by atoms with E-state index in [9.17, 15) is 4.79 Å². The minimum absolute atomic E-state index is 0.243. The molecule has 3 aromatic rings. The molecule has 1 aliphatic rings. The Morgan fingerprint density at radius 3 is 2.50 bits per heavy atom. The van der Waals surface area contributed by atoms with Gasteiger partial charge in [0.1, 0.15) is 10.7 Å². The van der Waals surface area contributed by atoms with Crippen molar-refractivity contribution in [1.29, 1.82) is 0 Å². The van der Waals surface area contributed by atoms with Crippen molar-refractivity contribution in [1.82, 2.24) is 9.88 Å². The Hall–Kier alpha value is -2.12. The summed E-state index contributed by atoms with van der Waals surface area (Å²) in [6.07, 6.45) is 1.16. The maximum Gasteiger partial charge on any atom is 0.275 e. The molecule has 30 heavy (non-hydrogen) atoms. The molecule has 1 amide bonds. The smallest absolute Gasteiger partial charge is 0.275 e. The summed E-state index contributed by atoms with van der Waals surface area (Å²) < 4.78 is 0. The average molecular weight is 461 g/mol. The molecular formula is C22H22Cl2N4OS. The van der Waals surface area contributed by atoms with Crippen molar-refractivity contribution in [2.45, 2.75) is 12.5 Å². The lowest BCUT2D eigenvalue weighted by Crippen LogP contribution is -2.31. The van der Waals surface area contributed by atoms with Gasteiger partial charge in [0, 0.05) is 51.5 Å². The molecule has 0 bridgehead atoms. The van der Waals surface area contributed by atoms with Crippen LogP contribution in [0.5, 0.6) is 0 Å². The van der Waals surface area contributed by atoms with Crippen LogP contribution in [0.1, 0.15) is 16.9 Å². The largest absolute Gasteiger partial charge is 0.370 e. The minimum Gasteiger partial charge on any atom is -0.370 e. The van der Waals surface area contributed by atoms with E-state index in [4.69, 9.17) is 23.2 Å². The number of carbonyl (C=O) groups is 1. The van der Waals surface area contributed by atoms with Crippen LogP contribution in [0, 0.1) is 0 Å². The van der Waals surface area contributed by atoms with E-state index in [2.05, 4.69) is 34.2 Å². The van der Waals surface area contributed by atoms with Gasteiger partial charge < -0.3 is 15.1 Å². The highest BCUT2D eigenvalue weighted by Gasteiger charge is 2.24. The van der Waals surface area contributed by atoms with Crippen LogP contribution >= 0.6 is 34.5 Å². The number of nitrogens with one attached hydrogen (secondary N) is 1. The number of thiazole rings is 1. The van der Waals surface area contributed by atoms with Gasteiger partial charge in [0.15, 0.2) is 0 Å². The molecule has 8 heteroatoms. The third-order valence-electron chi connectivity index (χ3n) is 5.23. The van der Waals surface area contributed by atoms with Crippen LogP contribution < -0.4 is 10.2 Å². The maximum atomic E-state index is 12.6. The predicted octanol–water partition coefficient (Wildman–Crippen LogP) is 5.51. The summed E-state index contributed by atoms with van der Waals surface area (Å²) >= 11 is 13.5. The van der Waals surface area contributed by atoms with Gasteiger partial charge >= 0.3 is 0 Å². The number of rotatable bonds is 5. The van der Waals surface area contributed by atoms with E-state index in [-0.39, 0.29) is 5.91 Å². The molecule has 1 aliphatic heterocycles. The van der Waals surface area contributed by atoms with E-state index in [1.165, 1.54) is 17.0 Å². The summed E-state index contributed by atoms with van der Waals surface area (Å²) in [6.45, 7) is 2.07. The molecule has 2 heterocycles. The predicted molar refractivity (Wildman–Crippen MR) is 126 cm³/mol. The first kappa shape index (κ1) is 21.1. The number of amides is 1. The number of benzene rings is 2. The molecule has 1 N–H and O–H groups in total. The molecule has 0 spiro atoms. The van der Waals surface area contributed by atoms with Gasteiger partial charge in [-0.1, -0.05) is 23.2 Å². The van der Waals surface area contributed by atoms with Gasteiger partial charge in [-0.2, -0.15) is 0 Å². The van der Waals surface area contributed by atoms with E-state index in [0.717, 1.165) is 30.8 Å². The number of hydrogen-bond donors (Lipinski definition) is 1. The quantitative estimate of drug-likeness (QED) is 0.545. The average Bonchev–Trinajstić information content (AvgIpc) is 3.38. The molecule has 1 aromatic heterocycles. The molecule has 1 atom stereocenters. The van der Waals surface area contributed by atoms with Crippen LogP contribution in [0.25, 0.3) is 10.6 Å². The molecule has 2 aromatic carbocycles. The molecular weight excluding hydrogens is 439 g/mol. The van der Waals surface area contributed by atoms with Crippen molar-refractivity contribution in [2.24, 2.45) is 0 Å². The lowest BCUT2D eigenvalue weighted by molar-refractivity contribution is 0.102. The fourth-order valence-corrected chi connectivity index (χ4v) is 4.85. The van der Waals surface area contributed by atoms with Crippen molar-refractivity contribution < 1.29 is 4.79 Å². The minimum atomic E-state index is -0.243. The Balaban J connectivity index is 1.41. The summed E-state index contributed by atoms with van der Waals surface area (Å²) in [5.74, 6) is -0.243. The van der Waals surface area contributed by atoms with Gasteiger partial charge in [0.25, 0.3) is 5.91 Å². The Bertz CT molecular complexity index is 1030. The van der Waals surface area contributed by atoms with Crippen molar-refractivity contribution in [3.8, 4) is 10.6 Å². The second kappa shape index (κ2) is 8.94.